The molecule has 2 heterocycles. The van der Waals surface area contributed by atoms with Crippen LogP contribution in [0.5, 0.6) is 5.75 Å². The summed E-state index contributed by atoms with van der Waals surface area (Å²) in [5, 5.41) is 0. The van der Waals surface area contributed by atoms with Gasteiger partial charge in [0.15, 0.2) is 0 Å². The normalized spacial score (nSPS) is 23.6. The van der Waals surface area contributed by atoms with Gasteiger partial charge in [-0.3, -0.25) is 0 Å². The molecule has 1 aromatic carbocycles. The Hall–Kier alpha value is -1.55. The second-order valence-electron chi connectivity index (χ2n) is 7.27. The second-order valence-corrected chi connectivity index (χ2v) is 7.27. The molecule has 0 unspecified atom stereocenters. The number of hydrogen-bond acceptors (Lipinski definition) is 4. The lowest BCUT2D eigenvalue weighted by Crippen LogP contribution is -2.28. The minimum absolute atomic E-state index is 0.114. The quantitative estimate of drug-likeness (QED) is 0.753. The fourth-order valence-corrected chi connectivity index (χ4v) is 3.21. The molecule has 4 nitrogen and oxygen atoms in total. The van der Waals surface area contributed by atoms with Crippen molar-refractivity contribution < 1.29 is 9.47 Å². The molecule has 0 spiro atoms. The molecule has 0 bridgehead atoms. The van der Waals surface area contributed by atoms with Gasteiger partial charge in [-0.2, -0.15) is 0 Å². The van der Waals surface area contributed by atoms with Crippen molar-refractivity contribution in [2.45, 2.75) is 51.6 Å². The lowest BCUT2D eigenvalue weighted by Gasteiger charge is -2.20. The summed E-state index contributed by atoms with van der Waals surface area (Å²) in [6, 6.07) is 8.80. The average molecular weight is 316 g/mol. The largest absolute Gasteiger partial charge is 0.494 e. The van der Waals surface area contributed by atoms with Crippen molar-refractivity contribution >= 4 is 5.90 Å². The molecule has 2 aliphatic heterocycles. The van der Waals surface area contributed by atoms with E-state index in [2.05, 4.69) is 30.7 Å². The van der Waals surface area contributed by atoms with Crippen molar-refractivity contribution in [3.63, 3.8) is 0 Å². The van der Waals surface area contributed by atoms with Gasteiger partial charge in [-0.25, -0.2) is 4.99 Å². The molecule has 0 N–H and O–H groups in total. The Labute approximate surface area is 139 Å². The summed E-state index contributed by atoms with van der Waals surface area (Å²) < 4.78 is 11.5. The minimum Gasteiger partial charge on any atom is -0.494 e. The zero-order valence-corrected chi connectivity index (χ0v) is 14.5. The Morgan fingerprint density at radius 1 is 1.30 bits per heavy atom. The van der Waals surface area contributed by atoms with E-state index in [1.807, 2.05) is 24.3 Å². The first kappa shape index (κ1) is 16.3. The van der Waals surface area contributed by atoms with Gasteiger partial charge in [0.2, 0.25) is 5.90 Å². The van der Waals surface area contributed by atoms with Gasteiger partial charge in [0.1, 0.15) is 12.4 Å². The fourth-order valence-electron chi connectivity index (χ4n) is 3.21. The first-order valence-electron chi connectivity index (χ1n) is 8.73. The predicted octanol–water partition coefficient (Wildman–Crippen LogP) is 3.50. The van der Waals surface area contributed by atoms with Crippen LogP contribution in [0.2, 0.25) is 0 Å². The second kappa shape index (κ2) is 6.91. The molecule has 2 aliphatic rings. The van der Waals surface area contributed by atoms with Crippen LogP contribution in [0.4, 0.5) is 0 Å². The molecule has 23 heavy (non-hydrogen) atoms. The Balaban J connectivity index is 1.45. The highest BCUT2D eigenvalue weighted by molar-refractivity contribution is 5.95. The van der Waals surface area contributed by atoms with E-state index in [1.165, 1.54) is 19.4 Å². The van der Waals surface area contributed by atoms with Gasteiger partial charge in [0.25, 0.3) is 0 Å². The molecule has 1 fully saturated rings. The maximum atomic E-state index is 5.85. The summed E-state index contributed by atoms with van der Waals surface area (Å²) in [5.74, 6) is 1.66. The van der Waals surface area contributed by atoms with Gasteiger partial charge >= 0.3 is 0 Å². The standard InChI is InChI=1S/C19H28N2O2/c1-15-6-4-11-21(15)12-5-13-22-17-9-7-16(8-10-17)18-20-19(2,3)14-23-18/h7-10,15H,4-6,11-14H2,1-3H3/t15-/m1/s1. The number of ether oxygens (including phenoxy) is 2. The van der Waals surface area contributed by atoms with Crippen molar-refractivity contribution in [1.29, 1.82) is 0 Å². The average Bonchev–Trinajstić information content (AvgIpc) is 3.10. The zero-order chi connectivity index (χ0) is 16.3. The van der Waals surface area contributed by atoms with Crippen LogP contribution in [0, 0.1) is 0 Å². The third-order valence-electron chi connectivity index (χ3n) is 4.62. The number of rotatable bonds is 6. The minimum atomic E-state index is -0.114. The van der Waals surface area contributed by atoms with Crippen molar-refractivity contribution in [3.8, 4) is 5.75 Å². The molecule has 4 heteroatoms. The summed E-state index contributed by atoms with van der Waals surface area (Å²) in [6.45, 7) is 10.3. The molecule has 0 saturated carbocycles. The van der Waals surface area contributed by atoms with E-state index in [1.54, 1.807) is 0 Å². The number of benzene rings is 1. The highest BCUT2D eigenvalue weighted by Gasteiger charge is 2.26. The zero-order valence-electron chi connectivity index (χ0n) is 14.5. The topological polar surface area (TPSA) is 34.1 Å². The van der Waals surface area contributed by atoms with E-state index in [0.29, 0.717) is 6.61 Å². The Bertz CT molecular complexity index is 551. The lowest BCUT2D eigenvalue weighted by molar-refractivity contribution is 0.230. The van der Waals surface area contributed by atoms with Crippen LogP contribution < -0.4 is 4.74 Å². The Kier molecular flexibility index (Phi) is 4.90. The van der Waals surface area contributed by atoms with E-state index < -0.39 is 0 Å². The molecule has 0 amide bonds. The van der Waals surface area contributed by atoms with E-state index >= 15 is 0 Å². The molecule has 0 aromatic heterocycles. The van der Waals surface area contributed by atoms with Gasteiger partial charge in [-0.1, -0.05) is 0 Å². The van der Waals surface area contributed by atoms with Gasteiger partial charge < -0.3 is 14.4 Å². The number of nitrogens with zero attached hydrogens (tertiary/aromatic N) is 2. The first-order valence-corrected chi connectivity index (χ1v) is 8.73. The first-order chi connectivity index (χ1) is 11.0. The maximum absolute atomic E-state index is 5.85. The predicted molar refractivity (Wildman–Crippen MR) is 93.4 cm³/mol. The van der Waals surface area contributed by atoms with E-state index in [9.17, 15) is 0 Å². The van der Waals surface area contributed by atoms with Crippen LogP contribution in [0.3, 0.4) is 0 Å². The molecular formula is C19H28N2O2. The van der Waals surface area contributed by atoms with Crippen molar-refractivity contribution in [1.82, 2.24) is 4.90 Å². The molecule has 1 aromatic rings. The number of likely N-dealkylation sites (tertiary alicyclic amines) is 1. The monoisotopic (exact) mass is 316 g/mol. The molecule has 126 valence electrons. The highest BCUT2D eigenvalue weighted by Crippen LogP contribution is 2.22. The molecule has 0 aliphatic carbocycles. The van der Waals surface area contributed by atoms with Crippen molar-refractivity contribution in [3.05, 3.63) is 29.8 Å². The van der Waals surface area contributed by atoms with Gasteiger partial charge in [-0.05, 0) is 70.8 Å². The summed E-state index contributed by atoms with van der Waals surface area (Å²) >= 11 is 0. The van der Waals surface area contributed by atoms with Crippen LogP contribution in [-0.4, -0.2) is 48.7 Å². The van der Waals surface area contributed by atoms with Gasteiger partial charge in [-0.15, -0.1) is 0 Å². The maximum Gasteiger partial charge on any atom is 0.216 e. The summed E-state index contributed by atoms with van der Waals surface area (Å²) in [7, 11) is 0. The van der Waals surface area contributed by atoms with Gasteiger partial charge in [0.05, 0.1) is 12.1 Å². The van der Waals surface area contributed by atoms with Crippen LogP contribution in [0.15, 0.2) is 29.3 Å². The van der Waals surface area contributed by atoms with Crippen molar-refractivity contribution in [2.75, 3.05) is 26.3 Å². The van der Waals surface area contributed by atoms with E-state index in [0.717, 1.165) is 42.8 Å². The molecular weight excluding hydrogens is 288 g/mol. The fraction of sp³-hybridized carbons (Fsp3) is 0.632. The number of hydrogen-bond donors (Lipinski definition) is 0. The summed E-state index contributed by atoms with van der Waals surface area (Å²) in [5.41, 5.74) is 0.908. The van der Waals surface area contributed by atoms with Crippen LogP contribution in [0.1, 0.15) is 45.6 Å². The van der Waals surface area contributed by atoms with Crippen LogP contribution in [0.25, 0.3) is 0 Å². The third kappa shape index (κ3) is 4.25. The molecule has 0 radical (unpaired) electrons. The van der Waals surface area contributed by atoms with Crippen LogP contribution >= 0.6 is 0 Å². The smallest absolute Gasteiger partial charge is 0.216 e. The molecule has 1 saturated heterocycles. The Morgan fingerprint density at radius 3 is 2.70 bits per heavy atom. The Morgan fingerprint density at radius 2 is 2.09 bits per heavy atom. The van der Waals surface area contributed by atoms with E-state index in [-0.39, 0.29) is 5.54 Å². The third-order valence-corrected chi connectivity index (χ3v) is 4.62. The van der Waals surface area contributed by atoms with Crippen molar-refractivity contribution in [2.24, 2.45) is 4.99 Å². The van der Waals surface area contributed by atoms with E-state index in [4.69, 9.17) is 9.47 Å². The van der Waals surface area contributed by atoms with Gasteiger partial charge in [0, 0.05) is 18.2 Å². The SMILES string of the molecule is C[C@@H]1CCCN1CCCOc1ccc(C2=NC(C)(C)CO2)cc1. The van der Waals surface area contributed by atoms with Crippen LogP contribution in [-0.2, 0) is 4.74 Å². The molecule has 1 atom stereocenters. The summed E-state index contributed by atoms with van der Waals surface area (Å²) in [6.07, 6.45) is 3.76. The lowest BCUT2D eigenvalue weighted by atomic mass is 10.1. The summed E-state index contributed by atoms with van der Waals surface area (Å²) in [4.78, 5) is 7.15. The molecule has 3 rings (SSSR count). The highest BCUT2D eigenvalue weighted by atomic mass is 16.5. The number of aliphatic imine (C=N–C) groups is 1.